The van der Waals surface area contributed by atoms with E-state index in [1.807, 2.05) is 18.2 Å². The largest absolute Gasteiger partial charge is 0.300 e. The number of rotatable bonds is 2. The first-order chi connectivity index (χ1) is 7.19. The van der Waals surface area contributed by atoms with Crippen molar-refractivity contribution in [2.75, 3.05) is 7.05 Å². The SMILES string of the molecule is CNC(C#N)c1c(C)nc2scc(C)n12. The van der Waals surface area contributed by atoms with Gasteiger partial charge in [-0.2, -0.15) is 5.26 Å². The molecule has 0 aliphatic carbocycles. The number of imidazole rings is 1. The van der Waals surface area contributed by atoms with Gasteiger partial charge in [0.05, 0.1) is 17.5 Å². The van der Waals surface area contributed by atoms with E-state index in [4.69, 9.17) is 5.26 Å². The van der Waals surface area contributed by atoms with Gasteiger partial charge < -0.3 is 0 Å². The van der Waals surface area contributed by atoms with Crippen LogP contribution in [0.25, 0.3) is 4.96 Å². The molecule has 0 aliphatic rings. The van der Waals surface area contributed by atoms with E-state index in [0.717, 1.165) is 22.0 Å². The second-order valence-corrected chi connectivity index (χ2v) is 4.26. The molecule has 0 aromatic carbocycles. The summed E-state index contributed by atoms with van der Waals surface area (Å²) in [5, 5.41) is 14.1. The van der Waals surface area contributed by atoms with Crippen molar-refractivity contribution in [1.82, 2.24) is 14.7 Å². The first-order valence-electron chi connectivity index (χ1n) is 4.69. The third-order valence-corrected chi connectivity index (χ3v) is 3.39. The molecule has 0 saturated carbocycles. The molecule has 5 heteroatoms. The van der Waals surface area contributed by atoms with Crippen molar-refractivity contribution in [3.63, 3.8) is 0 Å². The Morgan fingerprint density at radius 3 is 2.93 bits per heavy atom. The van der Waals surface area contributed by atoms with Crippen LogP contribution in [-0.4, -0.2) is 16.4 Å². The van der Waals surface area contributed by atoms with Crippen LogP contribution >= 0.6 is 11.3 Å². The topological polar surface area (TPSA) is 53.1 Å². The van der Waals surface area contributed by atoms with Gasteiger partial charge in [-0.05, 0) is 20.9 Å². The Kier molecular flexibility index (Phi) is 2.47. The van der Waals surface area contributed by atoms with Gasteiger partial charge >= 0.3 is 0 Å². The molecule has 1 N–H and O–H groups in total. The van der Waals surface area contributed by atoms with Crippen molar-refractivity contribution >= 4 is 16.3 Å². The first kappa shape index (κ1) is 10.1. The van der Waals surface area contributed by atoms with Gasteiger partial charge in [0.1, 0.15) is 6.04 Å². The Balaban J connectivity index is 2.72. The molecule has 15 heavy (non-hydrogen) atoms. The number of thiazole rings is 1. The molecular formula is C10H12N4S. The summed E-state index contributed by atoms with van der Waals surface area (Å²) in [7, 11) is 1.79. The average Bonchev–Trinajstić information content (AvgIpc) is 2.71. The third-order valence-electron chi connectivity index (χ3n) is 2.45. The number of nitrogens with zero attached hydrogens (tertiary/aromatic N) is 3. The zero-order chi connectivity index (χ0) is 11.0. The lowest BCUT2D eigenvalue weighted by molar-refractivity contribution is 0.690. The van der Waals surface area contributed by atoms with E-state index in [2.05, 4.69) is 21.8 Å². The maximum absolute atomic E-state index is 9.06. The molecule has 0 bridgehead atoms. The minimum absolute atomic E-state index is 0.298. The summed E-state index contributed by atoms with van der Waals surface area (Å²) in [4.78, 5) is 5.40. The van der Waals surface area contributed by atoms with Gasteiger partial charge in [0, 0.05) is 11.1 Å². The van der Waals surface area contributed by atoms with Gasteiger partial charge in [-0.1, -0.05) is 0 Å². The molecule has 0 fully saturated rings. The fraction of sp³-hybridized carbons (Fsp3) is 0.400. The van der Waals surface area contributed by atoms with Crippen molar-refractivity contribution in [2.45, 2.75) is 19.9 Å². The maximum Gasteiger partial charge on any atom is 0.194 e. The molecule has 1 unspecified atom stereocenters. The van der Waals surface area contributed by atoms with Crippen LogP contribution in [0.3, 0.4) is 0 Å². The molecule has 0 saturated heterocycles. The predicted molar refractivity (Wildman–Crippen MR) is 60.0 cm³/mol. The van der Waals surface area contributed by atoms with E-state index < -0.39 is 0 Å². The quantitative estimate of drug-likeness (QED) is 0.839. The summed E-state index contributed by atoms with van der Waals surface area (Å²) in [6.07, 6.45) is 0. The molecule has 0 aliphatic heterocycles. The molecular weight excluding hydrogens is 208 g/mol. The Morgan fingerprint density at radius 1 is 1.60 bits per heavy atom. The van der Waals surface area contributed by atoms with Crippen LogP contribution < -0.4 is 5.32 Å². The van der Waals surface area contributed by atoms with Gasteiger partial charge in [-0.3, -0.25) is 9.72 Å². The van der Waals surface area contributed by atoms with Gasteiger partial charge in [0.15, 0.2) is 4.96 Å². The lowest BCUT2D eigenvalue weighted by atomic mass is 10.2. The highest BCUT2D eigenvalue weighted by Gasteiger charge is 2.19. The fourth-order valence-corrected chi connectivity index (χ4v) is 2.65. The highest BCUT2D eigenvalue weighted by atomic mass is 32.1. The number of hydrogen-bond donors (Lipinski definition) is 1. The molecule has 0 radical (unpaired) electrons. The van der Waals surface area contributed by atoms with Crippen LogP contribution in [0.15, 0.2) is 5.38 Å². The number of fused-ring (bicyclic) bond motifs is 1. The Hall–Kier alpha value is -1.38. The summed E-state index contributed by atoms with van der Waals surface area (Å²) in [5.74, 6) is 0. The van der Waals surface area contributed by atoms with Crippen LogP contribution in [0, 0.1) is 25.2 Å². The maximum atomic E-state index is 9.06. The molecule has 2 aromatic heterocycles. The van der Waals surface area contributed by atoms with Crippen LogP contribution in [0.4, 0.5) is 0 Å². The summed E-state index contributed by atoms with van der Waals surface area (Å²) < 4.78 is 2.05. The van der Waals surface area contributed by atoms with Crippen molar-refractivity contribution in [3.8, 4) is 6.07 Å². The molecule has 4 nitrogen and oxygen atoms in total. The Labute approximate surface area is 92.2 Å². The smallest absolute Gasteiger partial charge is 0.194 e. The van der Waals surface area contributed by atoms with Crippen molar-refractivity contribution in [2.24, 2.45) is 0 Å². The second-order valence-electron chi connectivity index (χ2n) is 3.43. The predicted octanol–water partition coefficient (Wildman–Crippen LogP) is 1.80. The standard InChI is InChI=1S/C10H12N4S/c1-6-5-15-10-13-7(2)9(14(6)10)8(4-11)12-3/h5,8,12H,1-3H3. The molecule has 2 aromatic rings. The normalized spacial score (nSPS) is 12.9. The molecule has 78 valence electrons. The lowest BCUT2D eigenvalue weighted by Crippen LogP contribution is -2.17. The zero-order valence-corrected chi connectivity index (χ0v) is 9.72. The van der Waals surface area contributed by atoms with E-state index in [1.54, 1.807) is 18.4 Å². The minimum atomic E-state index is -0.298. The molecule has 1 atom stereocenters. The summed E-state index contributed by atoms with van der Waals surface area (Å²) in [6, 6.07) is 1.94. The molecule has 2 heterocycles. The third kappa shape index (κ3) is 1.42. The van der Waals surface area contributed by atoms with E-state index >= 15 is 0 Å². The summed E-state index contributed by atoms with van der Waals surface area (Å²) in [6.45, 7) is 3.97. The highest BCUT2D eigenvalue weighted by Crippen LogP contribution is 2.24. The summed E-state index contributed by atoms with van der Waals surface area (Å²) in [5.41, 5.74) is 3.00. The molecule has 0 amide bonds. The van der Waals surface area contributed by atoms with Gasteiger partial charge in [0.25, 0.3) is 0 Å². The fourth-order valence-electron chi connectivity index (χ4n) is 1.73. The van der Waals surface area contributed by atoms with Crippen molar-refractivity contribution in [1.29, 1.82) is 5.26 Å². The summed E-state index contributed by atoms with van der Waals surface area (Å²) >= 11 is 1.60. The van der Waals surface area contributed by atoms with Crippen LogP contribution in [0.1, 0.15) is 23.1 Å². The van der Waals surface area contributed by atoms with E-state index in [1.165, 1.54) is 0 Å². The Morgan fingerprint density at radius 2 is 2.33 bits per heavy atom. The zero-order valence-electron chi connectivity index (χ0n) is 8.90. The molecule has 2 rings (SSSR count). The van der Waals surface area contributed by atoms with Crippen molar-refractivity contribution < 1.29 is 0 Å². The van der Waals surface area contributed by atoms with E-state index in [0.29, 0.717) is 0 Å². The first-order valence-corrected chi connectivity index (χ1v) is 5.57. The average molecular weight is 220 g/mol. The lowest BCUT2D eigenvalue weighted by Gasteiger charge is -2.08. The van der Waals surface area contributed by atoms with Crippen LogP contribution in [0.2, 0.25) is 0 Å². The molecule has 0 spiro atoms. The van der Waals surface area contributed by atoms with E-state index in [9.17, 15) is 0 Å². The number of aryl methyl sites for hydroxylation is 2. The number of nitriles is 1. The van der Waals surface area contributed by atoms with Crippen LogP contribution in [-0.2, 0) is 0 Å². The Bertz CT molecular complexity index is 531. The number of hydrogen-bond acceptors (Lipinski definition) is 4. The van der Waals surface area contributed by atoms with Gasteiger partial charge in [-0.25, -0.2) is 4.98 Å². The second kappa shape index (κ2) is 3.65. The monoisotopic (exact) mass is 220 g/mol. The van der Waals surface area contributed by atoms with E-state index in [-0.39, 0.29) is 6.04 Å². The van der Waals surface area contributed by atoms with Gasteiger partial charge in [0.2, 0.25) is 0 Å². The minimum Gasteiger partial charge on any atom is -0.300 e. The number of nitrogens with one attached hydrogen (secondary N) is 1. The van der Waals surface area contributed by atoms with Crippen LogP contribution in [0.5, 0.6) is 0 Å². The van der Waals surface area contributed by atoms with Crippen molar-refractivity contribution in [3.05, 3.63) is 22.5 Å². The number of aromatic nitrogens is 2. The highest BCUT2D eigenvalue weighted by molar-refractivity contribution is 7.15. The van der Waals surface area contributed by atoms with Gasteiger partial charge in [-0.15, -0.1) is 11.3 Å².